The fourth-order valence-corrected chi connectivity index (χ4v) is 8.22. The van der Waals surface area contributed by atoms with Crippen molar-refractivity contribution in [2.45, 2.75) is 5.41 Å². The monoisotopic (exact) mass is 599 g/mol. The number of hydrogen-bond donors (Lipinski definition) is 0. The summed E-state index contributed by atoms with van der Waals surface area (Å²) in [6.45, 7) is 0. The summed E-state index contributed by atoms with van der Waals surface area (Å²) in [6, 6.07) is 63.7. The fourth-order valence-electron chi connectivity index (χ4n) is 8.22. The molecule has 1 unspecified atom stereocenters. The zero-order valence-electron chi connectivity index (χ0n) is 25.6. The Balaban J connectivity index is 1.34. The van der Waals surface area contributed by atoms with Crippen molar-refractivity contribution in [2.24, 2.45) is 0 Å². The Bertz CT molecular complexity index is 2510. The van der Waals surface area contributed by atoms with E-state index in [2.05, 4.69) is 181 Å². The minimum Gasteiger partial charge on any atom is -0.457 e. The lowest BCUT2D eigenvalue weighted by molar-refractivity contribution is 0.438. The Morgan fingerprint density at radius 3 is 1.94 bits per heavy atom. The molecule has 1 heterocycles. The highest BCUT2D eigenvalue weighted by molar-refractivity contribution is 6.01. The Kier molecular flexibility index (Phi) is 5.53. The zero-order chi connectivity index (χ0) is 31.0. The fraction of sp³-hybridized carbons (Fsp3) is 0.0222. The standard InChI is InChI=1S/C45H29NO/c1-2-16-32(17-3-1)46(41-23-12-15-30-13-4-6-18-34(30)41)33-26-27-37-36-20-8-9-21-38(36)45(40(37)29-33)39-22-10-11-24-42(39)47-43-28-25-31-14-5-7-19-35(31)44(43)45/h1-29H. The molecule has 220 valence electrons. The van der Waals surface area contributed by atoms with Gasteiger partial charge in [0.25, 0.3) is 0 Å². The highest BCUT2D eigenvalue weighted by Crippen LogP contribution is 2.64. The first-order valence-corrected chi connectivity index (χ1v) is 16.2. The minimum atomic E-state index is -0.575. The van der Waals surface area contributed by atoms with Crippen LogP contribution in [0.15, 0.2) is 176 Å². The molecule has 1 aliphatic carbocycles. The van der Waals surface area contributed by atoms with Crippen molar-refractivity contribution in [2.75, 3.05) is 4.90 Å². The van der Waals surface area contributed by atoms with Crippen LogP contribution >= 0.6 is 0 Å². The Morgan fingerprint density at radius 1 is 0.404 bits per heavy atom. The van der Waals surface area contributed by atoms with Gasteiger partial charge in [0, 0.05) is 27.9 Å². The molecular formula is C45H29NO. The van der Waals surface area contributed by atoms with Crippen LogP contribution in [0.2, 0.25) is 0 Å². The van der Waals surface area contributed by atoms with E-state index in [0.717, 1.165) is 28.6 Å². The van der Waals surface area contributed by atoms with Crippen molar-refractivity contribution in [1.29, 1.82) is 0 Å². The molecule has 10 rings (SSSR count). The van der Waals surface area contributed by atoms with Crippen LogP contribution < -0.4 is 9.64 Å². The Hall–Kier alpha value is -6.12. The van der Waals surface area contributed by atoms with Gasteiger partial charge in [0.2, 0.25) is 0 Å². The third kappa shape index (κ3) is 3.61. The lowest BCUT2D eigenvalue weighted by atomic mass is 9.65. The van der Waals surface area contributed by atoms with Crippen LogP contribution in [0, 0.1) is 0 Å². The van der Waals surface area contributed by atoms with Crippen molar-refractivity contribution >= 4 is 38.6 Å². The van der Waals surface area contributed by atoms with E-state index in [4.69, 9.17) is 4.74 Å². The molecule has 2 nitrogen and oxygen atoms in total. The highest BCUT2D eigenvalue weighted by Gasteiger charge is 2.52. The summed E-state index contributed by atoms with van der Waals surface area (Å²) in [7, 11) is 0. The molecule has 1 atom stereocenters. The third-order valence-corrected chi connectivity index (χ3v) is 10.1. The topological polar surface area (TPSA) is 12.5 Å². The SMILES string of the molecule is c1ccc(N(c2ccc3c(c2)C2(c4ccccc4Oc4ccc5ccccc5c42)c2ccccc2-3)c2cccc3ccccc23)cc1. The summed E-state index contributed by atoms with van der Waals surface area (Å²) in [5.74, 6) is 1.81. The molecule has 0 saturated heterocycles. The first-order valence-electron chi connectivity index (χ1n) is 16.2. The van der Waals surface area contributed by atoms with Crippen molar-refractivity contribution < 1.29 is 4.74 Å². The van der Waals surface area contributed by atoms with Crippen molar-refractivity contribution in [3.8, 4) is 22.6 Å². The second kappa shape index (κ2) is 9.94. The van der Waals surface area contributed by atoms with Crippen LogP contribution in [0.1, 0.15) is 22.3 Å². The number of hydrogen-bond acceptors (Lipinski definition) is 2. The number of para-hydroxylation sites is 2. The van der Waals surface area contributed by atoms with Gasteiger partial charge in [0.1, 0.15) is 11.5 Å². The van der Waals surface area contributed by atoms with Gasteiger partial charge in [-0.25, -0.2) is 0 Å². The number of rotatable bonds is 3. The molecule has 1 spiro atoms. The molecule has 0 saturated carbocycles. The Morgan fingerprint density at radius 2 is 1.06 bits per heavy atom. The second-order valence-corrected chi connectivity index (χ2v) is 12.5. The van der Waals surface area contributed by atoms with Gasteiger partial charge in [-0.2, -0.15) is 0 Å². The highest BCUT2D eigenvalue weighted by atomic mass is 16.5. The number of anilines is 3. The predicted molar refractivity (Wildman–Crippen MR) is 194 cm³/mol. The molecule has 0 fully saturated rings. The summed E-state index contributed by atoms with van der Waals surface area (Å²) in [5, 5.41) is 4.85. The zero-order valence-corrected chi connectivity index (χ0v) is 25.6. The number of ether oxygens (including phenoxy) is 1. The number of fused-ring (bicyclic) bond motifs is 12. The van der Waals surface area contributed by atoms with E-state index in [9.17, 15) is 0 Å². The van der Waals surface area contributed by atoms with E-state index in [0.29, 0.717) is 0 Å². The smallest absolute Gasteiger partial charge is 0.132 e. The third-order valence-electron chi connectivity index (χ3n) is 10.1. The molecule has 0 N–H and O–H groups in total. The molecule has 1 aliphatic heterocycles. The van der Waals surface area contributed by atoms with E-state index in [1.54, 1.807) is 0 Å². The van der Waals surface area contributed by atoms with Crippen LogP contribution in [-0.4, -0.2) is 0 Å². The lowest BCUT2D eigenvalue weighted by Crippen LogP contribution is -2.32. The summed E-state index contributed by atoms with van der Waals surface area (Å²) >= 11 is 0. The van der Waals surface area contributed by atoms with Crippen LogP contribution in [0.3, 0.4) is 0 Å². The summed E-state index contributed by atoms with van der Waals surface area (Å²) in [5.41, 5.74) is 10.3. The van der Waals surface area contributed by atoms with E-state index < -0.39 is 5.41 Å². The average molecular weight is 600 g/mol. The average Bonchev–Trinajstić information content (AvgIpc) is 3.42. The van der Waals surface area contributed by atoms with Gasteiger partial charge in [-0.1, -0.05) is 133 Å². The molecule has 0 amide bonds. The van der Waals surface area contributed by atoms with Gasteiger partial charge in [0.05, 0.1) is 11.1 Å². The van der Waals surface area contributed by atoms with E-state index in [1.807, 2.05) is 0 Å². The van der Waals surface area contributed by atoms with Crippen LogP contribution in [0.5, 0.6) is 11.5 Å². The van der Waals surface area contributed by atoms with Crippen LogP contribution in [0.4, 0.5) is 17.1 Å². The molecular weight excluding hydrogens is 571 g/mol. The van der Waals surface area contributed by atoms with Gasteiger partial charge in [-0.05, 0) is 80.9 Å². The molecule has 47 heavy (non-hydrogen) atoms. The van der Waals surface area contributed by atoms with E-state index in [1.165, 1.54) is 54.9 Å². The number of nitrogens with zero attached hydrogens (tertiary/aromatic N) is 1. The van der Waals surface area contributed by atoms with Gasteiger partial charge in [-0.15, -0.1) is 0 Å². The quantitative estimate of drug-likeness (QED) is 0.200. The first kappa shape index (κ1) is 26.1. The normalized spacial score (nSPS) is 15.5. The first-order chi connectivity index (χ1) is 23.3. The molecule has 0 bridgehead atoms. The summed E-state index contributed by atoms with van der Waals surface area (Å²) < 4.78 is 6.76. The second-order valence-electron chi connectivity index (χ2n) is 12.5. The van der Waals surface area contributed by atoms with Gasteiger partial charge in [-0.3, -0.25) is 0 Å². The maximum Gasteiger partial charge on any atom is 0.132 e. The molecule has 0 radical (unpaired) electrons. The largest absolute Gasteiger partial charge is 0.457 e. The molecule has 8 aromatic carbocycles. The van der Waals surface area contributed by atoms with E-state index >= 15 is 0 Å². The summed E-state index contributed by atoms with van der Waals surface area (Å²) in [6.07, 6.45) is 0. The maximum atomic E-state index is 6.76. The lowest BCUT2D eigenvalue weighted by Gasteiger charge is -2.40. The summed E-state index contributed by atoms with van der Waals surface area (Å²) in [4.78, 5) is 2.41. The molecule has 2 heteroatoms. The molecule has 2 aliphatic rings. The van der Waals surface area contributed by atoms with Crippen molar-refractivity contribution in [3.63, 3.8) is 0 Å². The minimum absolute atomic E-state index is 0.575. The predicted octanol–water partition coefficient (Wildman–Crippen LogP) is 11.9. The number of benzene rings is 8. The Labute approximate surface area is 273 Å². The van der Waals surface area contributed by atoms with Gasteiger partial charge < -0.3 is 9.64 Å². The van der Waals surface area contributed by atoms with Crippen LogP contribution in [-0.2, 0) is 5.41 Å². The van der Waals surface area contributed by atoms with Gasteiger partial charge >= 0.3 is 0 Å². The van der Waals surface area contributed by atoms with Gasteiger partial charge in [0.15, 0.2) is 0 Å². The van der Waals surface area contributed by atoms with E-state index in [-0.39, 0.29) is 0 Å². The molecule has 8 aromatic rings. The van der Waals surface area contributed by atoms with Crippen molar-refractivity contribution in [3.05, 3.63) is 198 Å². The molecule has 0 aromatic heterocycles. The van der Waals surface area contributed by atoms with Crippen molar-refractivity contribution in [1.82, 2.24) is 0 Å². The van der Waals surface area contributed by atoms with Crippen LogP contribution in [0.25, 0.3) is 32.7 Å². The maximum absolute atomic E-state index is 6.76.